The Kier molecular flexibility index (Phi) is 7.96. The highest BCUT2D eigenvalue weighted by atomic mass is 16.5. The fraction of sp³-hybridized carbons (Fsp3) is 0.906. The molecule has 4 rings (SSSR count). The number of carbonyl (C=O) groups excluding carboxylic acids is 1. The van der Waals surface area contributed by atoms with Gasteiger partial charge in [0.2, 0.25) is 0 Å². The van der Waals surface area contributed by atoms with Crippen LogP contribution in [0.5, 0.6) is 0 Å². The van der Waals surface area contributed by atoms with Crippen LogP contribution in [0.2, 0.25) is 0 Å². The molecular formula is C32H54O2. The molecule has 4 aliphatic carbocycles. The summed E-state index contributed by atoms with van der Waals surface area (Å²) in [6, 6.07) is 0. The Morgan fingerprint density at radius 2 is 1.74 bits per heavy atom. The summed E-state index contributed by atoms with van der Waals surface area (Å²) in [5.41, 5.74) is 2.53. The van der Waals surface area contributed by atoms with E-state index in [2.05, 4.69) is 54.5 Å². The van der Waals surface area contributed by atoms with Gasteiger partial charge in [0.15, 0.2) is 0 Å². The summed E-state index contributed by atoms with van der Waals surface area (Å²) < 4.78 is 5.93. The third kappa shape index (κ3) is 5.04. The molecule has 4 aliphatic rings. The van der Waals surface area contributed by atoms with E-state index in [1.54, 1.807) is 5.57 Å². The van der Waals surface area contributed by atoms with Crippen molar-refractivity contribution in [2.45, 2.75) is 132 Å². The first-order valence-corrected chi connectivity index (χ1v) is 14.9. The van der Waals surface area contributed by atoms with Gasteiger partial charge in [-0.05, 0) is 97.2 Å². The number of hydrogen-bond donors (Lipinski definition) is 0. The van der Waals surface area contributed by atoms with E-state index in [9.17, 15) is 4.79 Å². The van der Waals surface area contributed by atoms with Crippen molar-refractivity contribution in [3.63, 3.8) is 0 Å². The average Bonchev–Trinajstić information content (AvgIpc) is 3.10. The number of carbonyl (C=O) groups is 1. The highest BCUT2D eigenvalue weighted by Gasteiger charge is 2.59. The normalized spacial score (nSPS) is 40.4. The van der Waals surface area contributed by atoms with Crippen molar-refractivity contribution in [3.05, 3.63) is 11.6 Å². The molecule has 8 atom stereocenters. The molecule has 0 bridgehead atoms. The fourth-order valence-electron chi connectivity index (χ4n) is 9.32. The Morgan fingerprint density at radius 1 is 0.971 bits per heavy atom. The first-order chi connectivity index (χ1) is 16.0. The molecule has 0 radical (unpaired) electrons. The smallest absolute Gasteiger partial charge is 0.306 e. The van der Waals surface area contributed by atoms with Crippen molar-refractivity contribution in [2.24, 2.45) is 52.3 Å². The summed E-state index contributed by atoms with van der Waals surface area (Å²) in [5, 5.41) is 0. The fourth-order valence-corrected chi connectivity index (χ4v) is 9.32. The van der Waals surface area contributed by atoms with Gasteiger partial charge in [-0.15, -0.1) is 0 Å². The summed E-state index contributed by atoms with van der Waals surface area (Å²) in [4.78, 5) is 12.3. The van der Waals surface area contributed by atoms with Crippen LogP contribution in [0.3, 0.4) is 0 Å². The standard InChI is InChI=1S/C32H54O2/c1-21(2)9-8-10-23(5)27-13-14-28-26-12-11-24-20-25(34-30(33)19-22(3)4)15-17-31(24,6)29(26)16-18-32(27,28)7/h11,21-23,25-29H,8-10,12-20H2,1-7H3/t23-,25-,26-,27+,28-,29-,31-,32+/m0/s1. The monoisotopic (exact) mass is 470 g/mol. The highest BCUT2D eigenvalue weighted by molar-refractivity contribution is 5.69. The minimum absolute atomic E-state index is 0.00540. The largest absolute Gasteiger partial charge is 0.462 e. The van der Waals surface area contributed by atoms with Crippen LogP contribution < -0.4 is 0 Å². The molecule has 0 heterocycles. The molecule has 2 nitrogen and oxygen atoms in total. The predicted molar refractivity (Wildman–Crippen MR) is 142 cm³/mol. The van der Waals surface area contributed by atoms with Gasteiger partial charge < -0.3 is 4.74 Å². The zero-order valence-corrected chi connectivity index (χ0v) is 23.5. The molecule has 3 fully saturated rings. The second-order valence-electron chi connectivity index (χ2n) is 14.2. The van der Waals surface area contributed by atoms with Crippen LogP contribution in [0.4, 0.5) is 0 Å². The molecule has 0 saturated heterocycles. The van der Waals surface area contributed by atoms with Crippen molar-refractivity contribution >= 4 is 5.97 Å². The molecule has 194 valence electrons. The van der Waals surface area contributed by atoms with Gasteiger partial charge in [0.1, 0.15) is 6.10 Å². The molecule has 0 aromatic heterocycles. The third-order valence-corrected chi connectivity index (χ3v) is 11.1. The Morgan fingerprint density at radius 3 is 2.44 bits per heavy atom. The van der Waals surface area contributed by atoms with E-state index in [0.717, 1.165) is 48.3 Å². The van der Waals surface area contributed by atoms with Crippen LogP contribution in [0.1, 0.15) is 126 Å². The first kappa shape index (κ1) is 26.3. The van der Waals surface area contributed by atoms with Crippen molar-refractivity contribution < 1.29 is 9.53 Å². The second kappa shape index (κ2) is 10.3. The number of hydrogen-bond acceptors (Lipinski definition) is 2. The van der Waals surface area contributed by atoms with Crippen LogP contribution in [-0.2, 0) is 9.53 Å². The molecule has 0 spiro atoms. The molecule has 0 aliphatic heterocycles. The number of rotatable bonds is 8. The number of allylic oxidation sites excluding steroid dienone is 1. The van der Waals surface area contributed by atoms with Gasteiger partial charge in [0.05, 0.1) is 0 Å². The van der Waals surface area contributed by atoms with Crippen molar-refractivity contribution in [1.82, 2.24) is 0 Å². The number of esters is 1. The maximum atomic E-state index is 12.3. The Hall–Kier alpha value is -0.790. The van der Waals surface area contributed by atoms with Gasteiger partial charge >= 0.3 is 5.97 Å². The molecule has 0 N–H and O–H groups in total. The zero-order valence-electron chi connectivity index (χ0n) is 23.5. The van der Waals surface area contributed by atoms with Gasteiger partial charge in [0.25, 0.3) is 0 Å². The predicted octanol–water partition coefficient (Wildman–Crippen LogP) is 8.99. The minimum Gasteiger partial charge on any atom is -0.462 e. The second-order valence-corrected chi connectivity index (χ2v) is 14.2. The van der Waals surface area contributed by atoms with Crippen molar-refractivity contribution in [1.29, 1.82) is 0 Å². The lowest BCUT2D eigenvalue weighted by molar-refractivity contribution is -0.152. The maximum absolute atomic E-state index is 12.3. The zero-order chi connectivity index (χ0) is 24.7. The molecule has 2 heteroatoms. The molecule has 0 amide bonds. The van der Waals surface area contributed by atoms with E-state index in [1.165, 1.54) is 57.8 Å². The quantitative estimate of drug-likeness (QED) is 0.261. The van der Waals surface area contributed by atoms with Crippen LogP contribution >= 0.6 is 0 Å². The van der Waals surface area contributed by atoms with E-state index >= 15 is 0 Å². The summed E-state index contributed by atoms with van der Waals surface area (Å²) in [6.45, 7) is 16.8. The average molecular weight is 471 g/mol. The van der Waals surface area contributed by atoms with E-state index < -0.39 is 0 Å². The van der Waals surface area contributed by atoms with E-state index in [0.29, 0.717) is 23.2 Å². The van der Waals surface area contributed by atoms with Crippen LogP contribution in [-0.4, -0.2) is 12.1 Å². The molecule has 0 aromatic rings. The van der Waals surface area contributed by atoms with E-state index in [4.69, 9.17) is 4.74 Å². The topological polar surface area (TPSA) is 26.3 Å². The van der Waals surface area contributed by atoms with Crippen LogP contribution in [0.25, 0.3) is 0 Å². The van der Waals surface area contributed by atoms with Gasteiger partial charge in [0, 0.05) is 12.8 Å². The Balaban J connectivity index is 1.42. The summed E-state index contributed by atoms with van der Waals surface area (Å²) in [6.07, 6.45) is 17.8. The SMILES string of the molecule is CC(C)CCC[C@H](C)[C@H]1CC[C@H]2[C@@H]3CC=C4C[C@@H](OC(=O)CC(C)C)CC[C@]4(C)[C@H]3CC[C@]12C. The number of fused-ring (bicyclic) bond motifs is 5. The van der Waals surface area contributed by atoms with Gasteiger partial charge in [-0.2, -0.15) is 0 Å². The first-order valence-electron chi connectivity index (χ1n) is 14.9. The molecule has 0 aromatic carbocycles. The third-order valence-electron chi connectivity index (χ3n) is 11.1. The van der Waals surface area contributed by atoms with Gasteiger partial charge in [-0.25, -0.2) is 0 Å². The van der Waals surface area contributed by atoms with Crippen molar-refractivity contribution in [3.8, 4) is 0 Å². The molecular weight excluding hydrogens is 416 g/mol. The highest BCUT2D eigenvalue weighted by Crippen LogP contribution is 2.67. The lowest BCUT2D eigenvalue weighted by Gasteiger charge is -2.58. The van der Waals surface area contributed by atoms with Crippen LogP contribution in [0, 0.1) is 52.3 Å². The Bertz CT molecular complexity index is 750. The van der Waals surface area contributed by atoms with E-state index in [1.807, 2.05) is 0 Å². The summed E-state index contributed by atoms with van der Waals surface area (Å²) >= 11 is 0. The summed E-state index contributed by atoms with van der Waals surface area (Å²) in [5.74, 6) is 5.67. The lowest BCUT2D eigenvalue weighted by atomic mass is 9.47. The van der Waals surface area contributed by atoms with Crippen molar-refractivity contribution in [2.75, 3.05) is 0 Å². The minimum atomic E-state index is 0.00540. The Labute approximate surface area is 211 Å². The molecule has 3 saturated carbocycles. The van der Waals surface area contributed by atoms with Gasteiger partial charge in [-0.3, -0.25) is 4.79 Å². The molecule has 0 unspecified atom stereocenters. The van der Waals surface area contributed by atoms with Gasteiger partial charge in [-0.1, -0.05) is 79.4 Å². The lowest BCUT2D eigenvalue weighted by Crippen LogP contribution is -2.51. The summed E-state index contributed by atoms with van der Waals surface area (Å²) in [7, 11) is 0. The van der Waals surface area contributed by atoms with E-state index in [-0.39, 0.29) is 12.1 Å². The molecule has 34 heavy (non-hydrogen) atoms. The van der Waals surface area contributed by atoms with Crippen LogP contribution in [0.15, 0.2) is 11.6 Å². The number of ether oxygens (including phenoxy) is 1. The maximum Gasteiger partial charge on any atom is 0.306 e.